The van der Waals surface area contributed by atoms with E-state index in [0.717, 1.165) is 12.6 Å². The quantitative estimate of drug-likeness (QED) is 0.679. The number of nitrogens with zero attached hydrogens (tertiary/aromatic N) is 1. The first-order valence-corrected chi connectivity index (χ1v) is 8.35. The predicted molar refractivity (Wildman–Crippen MR) is 90.2 cm³/mol. The zero-order valence-electron chi connectivity index (χ0n) is 13.4. The van der Waals surface area contributed by atoms with E-state index < -0.39 is 0 Å². The van der Waals surface area contributed by atoms with Crippen LogP contribution in [-0.2, 0) is 6.54 Å². The molecule has 0 saturated carbocycles. The first-order chi connectivity index (χ1) is 10.2. The molecule has 1 saturated heterocycles. The van der Waals surface area contributed by atoms with E-state index in [1.807, 2.05) is 0 Å². The third-order valence-corrected chi connectivity index (χ3v) is 4.84. The highest BCUT2D eigenvalue weighted by atomic mass is 15.2. The monoisotopic (exact) mass is 281 g/mol. The summed E-state index contributed by atoms with van der Waals surface area (Å²) in [5.74, 6) is 0. The van der Waals surface area contributed by atoms with E-state index in [1.165, 1.54) is 43.2 Å². The summed E-state index contributed by atoms with van der Waals surface area (Å²) in [5.41, 5.74) is 4.60. The lowest BCUT2D eigenvalue weighted by atomic mass is 9.96. The summed E-state index contributed by atoms with van der Waals surface area (Å²) in [5, 5.41) is 0. The Morgan fingerprint density at radius 2 is 2.00 bits per heavy atom. The Balaban J connectivity index is 1.63. The minimum absolute atomic E-state index is 0.686. The van der Waals surface area contributed by atoms with Gasteiger partial charge in [0.05, 0.1) is 0 Å². The number of rotatable bonds is 5. The van der Waals surface area contributed by atoms with E-state index in [-0.39, 0.29) is 0 Å². The lowest BCUT2D eigenvalue weighted by molar-refractivity contribution is 0.194. The largest absolute Gasteiger partial charge is 0.289 e. The molecule has 2 unspecified atom stereocenters. The molecule has 1 fully saturated rings. The number of allylic oxidation sites excluding steroid dienone is 2. The fourth-order valence-electron chi connectivity index (χ4n) is 3.78. The van der Waals surface area contributed by atoms with Gasteiger partial charge < -0.3 is 0 Å². The zero-order chi connectivity index (χ0) is 14.7. The topological polar surface area (TPSA) is 3.24 Å². The van der Waals surface area contributed by atoms with Crippen LogP contribution in [0.5, 0.6) is 0 Å². The lowest BCUT2D eigenvalue weighted by Crippen LogP contribution is -2.37. The van der Waals surface area contributed by atoms with Gasteiger partial charge in [-0.15, -0.1) is 0 Å². The predicted octanol–water partition coefficient (Wildman–Crippen LogP) is 5.10. The molecule has 21 heavy (non-hydrogen) atoms. The average molecular weight is 281 g/mol. The van der Waals surface area contributed by atoms with Gasteiger partial charge in [0.2, 0.25) is 0 Å². The van der Waals surface area contributed by atoms with Crippen LogP contribution in [0.2, 0.25) is 0 Å². The smallest absolute Gasteiger partial charge is 0.0288 e. The van der Waals surface area contributed by atoms with Crippen LogP contribution in [-0.4, -0.2) is 17.0 Å². The maximum atomic E-state index is 2.72. The van der Waals surface area contributed by atoms with Gasteiger partial charge in [-0.3, -0.25) is 4.90 Å². The second-order valence-corrected chi connectivity index (χ2v) is 6.81. The summed E-state index contributed by atoms with van der Waals surface area (Å²) >= 11 is 0. The van der Waals surface area contributed by atoms with Gasteiger partial charge in [0, 0.05) is 18.6 Å². The fourth-order valence-corrected chi connectivity index (χ4v) is 3.78. The second kappa shape index (κ2) is 6.62. The highest BCUT2D eigenvalue weighted by Gasteiger charge is 2.35. The molecule has 3 rings (SSSR count). The van der Waals surface area contributed by atoms with Crippen molar-refractivity contribution in [1.29, 1.82) is 0 Å². The maximum absolute atomic E-state index is 2.72. The van der Waals surface area contributed by atoms with Crippen LogP contribution in [0.25, 0.3) is 0 Å². The summed E-state index contributed by atoms with van der Waals surface area (Å²) in [6.45, 7) is 5.51. The van der Waals surface area contributed by atoms with Gasteiger partial charge in [-0.25, -0.2) is 0 Å². The standard InChI is InChI=1S/C20H27N/c1-16(2)7-6-10-18-13-19-11-12-20(14-18)21(19)15-17-8-4-3-5-9-17/h3-5,7-9,13,19-20H,6,10-12,14-15H2,1-2H3. The van der Waals surface area contributed by atoms with Gasteiger partial charge in [0.1, 0.15) is 0 Å². The second-order valence-electron chi connectivity index (χ2n) is 6.81. The van der Waals surface area contributed by atoms with Crippen molar-refractivity contribution in [2.45, 2.75) is 64.6 Å². The van der Waals surface area contributed by atoms with E-state index in [0.29, 0.717) is 6.04 Å². The third-order valence-electron chi connectivity index (χ3n) is 4.84. The highest BCUT2D eigenvalue weighted by Crippen LogP contribution is 2.37. The SMILES string of the molecule is CC(C)=CCCC1=CC2CCC(C1)N2Cc1ccccc1. The summed E-state index contributed by atoms with van der Waals surface area (Å²) in [4.78, 5) is 2.72. The van der Waals surface area contributed by atoms with Gasteiger partial charge in [-0.1, -0.05) is 53.6 Å². The Bertz CT molecular complexity index is 522. The molecule has 0 spiro atoms. The minimum Gasteiger partial charge on any atom is -0.289 e. The summed E-state index contributed by atoms with van der Waals surface area (Å²) < 4.78 is 0. The first kappa shape index (κ1) is 14.6. The molecule has 0 aromatic heterocycles. The van der Waals surface area contributed by atoms with Gasteiger partial charge >= 0.3 is 0 Å². The fraction of sp³-hybridized carbons (Fsp3) is 0.500. The molecule has 1 nitrogen and oxygen atoms in total. The first-order valence-electron chi connectivity index (χ1n) is 8.35. The Hall–Kier alpha value is -1.34. The van der Waals surface area contributed by atoms with E-state index in [4.69, 9.17) is 0 Å². The molecule has 0 radical (unpaired) electrons. The average Bonchev–Trinajstić information content (AvgIpc) is 2.71. The molecule has 2 heterocycles. The Kier molecular flexibility index (Phi) is 4.60. The van der Waals surface area contributed by atoms with E-state index in [2.05, 4.69) is 61.2 Å². The zero-order valence-corrected chi connectivity index (χ0v) is 13.4. The molecule has 1 heteroatoms. The molecule has 0 amide bonds. The van der Waals surface area contributed by atoms with Crippen molar-refractivity contribution in [3.05, 3.63) is 59.2 Å². The Labute approximate surface area is 129 Å². The van der Waals surface area contributed by atoms with Crippen LogP contribution in [0.1, 0.15) is 51.5 Å². The van der Waals surface area contributed by atoms with Crippen molar-refractivity contribution in [3.63, 3.8) is 0 Å². The van der Waals surface area contributed by atoms with E-state index in [9.17, 15) is 0 Å². The summed E-state index contributed by atoms with van der Waals surface area (Å²) in [6.07, 6.45) is 11.4. The van der Waals surface area contributed by atoms with Crippen LogP contribution in [0.4, 0.5) is 0 Å². The molecule has 2 aliphatic heterocycles. The minimum atomic E-state index is 0.686. The van der Waals surface area contributed by atoms with Crippen molar-refractivity contribution in [2.75, 3.05) is 0 Å². The van der Waals surface area contributed by atoms with Crippen molar-refractivity contribution >= 4 is 0 Å². The molecule has 1 aromatic rings. The van der Waals surface area contributed by atoms with Crippen LogP contribution < -0.4 is 0 Å². The van der Waals surface area contributed by atoms with Crippen molar-refractivity contribution in [1.82, 2.24) is 4.90 Å². The van der Waals surface area contributed by atoms with Gasteiger partial charge in [-0.05, 0) is 51.5 Å². The number of hydrogen-bond donors (Lipinski definition) is 0. The van der Waals surface area contributed by atoms with E-state index in [1.54, 1.807) is 5.57 Å². The molecule has 0 N–H and O–H groups in total. The molecule has 1 aromatic carbocycles. The molecule has 112 valence electrons. The molecular weight excluding hydrogens is 254 g/mol. The van der Waals surface area contributed by atoms with Gasteiger partial charge in [-0.2, -0.15) is 0 Å². The van der Waals surface area contributed by atoms with Crippen LogP contribution in [0.15, 0.2) is 53.6 Å². The highest BCUT2D eigenvalue weighted by molar-refractivity contribution is 5.21. The summed E-state index contributed by atoms with van der Waals surface area (Å²) in [6, 6.07) is 12.4. The Morgan fingerprint density at radius 3 is 2.71 bits per heavy atom. The van der Waals surface area contributed by atoms with Crippen molar-refractivity contribution in [3.8, 4) is 0 Å². The Morgan fingerprint density at radius 1 is 1.19 bits per heavy atom. The van der Waals surface area contributed by atoms with Crippen molar-refractivity contribution in [2.24, 2.45) is 0 Å². The lowest BCUT2D eigenvalue weighted by Gasteiger charge is -2.34. The molecule has 0 aliphatic carbocycles. The number of benzene rings is 1. The summed E-state index contributed by atoms with van der Waals surface area (Å²) in [7, 11) is 0. The number of fused-ring (bicyclic) bond motifs is 2. The van der Waals surface area contributed by atoms with E-state index >= 15 is 0 Å². The molecule has 2 bridgehead atoms. The molecule has 2 aliphatic rings. The number of hydrogen-bond acceptors (Lipinski definition) is 1. The van der Waals surface area contributed by atoms with Crippen LogP contribution >= 0.6 is 0 Å². The maximum Gasteiger partial charge on any atom is 0.0288 e. The molecular formula is C20H27N. The normalized spacial score (nSPS) is 24.8. The van der Waals surface area contributed by atoms with Gasteiger partial charge in [0.25, 0.3) is 0 Å². The van der Waals surface area contributed by atoms with Gasteiger partial charge in [0.15, 0.2) is 0 Å². The van der Waals surface area contributed by atoms with Crippen LogP contribution in [0, 0.1) is 0 Å². The third kappa shape index (κ3) is 3.65. The van der Waals surface area contributed by atoms with Crippen molar-refractivity contribution < 1.29 is 0 Å². The molecule has 2 atom stereocenters. The van der Waals surface area contributed by atoms with Crippen LogP contribution in [0.3, 0.4) is 0 Å².